The molecule has 5 heteroatoms. The lowest BCUT2D eigenvalue weighted by atomic mass is 10.0. The monoisotopic (exact) mass is 1150 g/mol. The SMILES string of the molecule is CC/C=C\C/C=C\C/C=C\C/C=C\C/C=C\C/C=C\C/C=C\C/C=C\C/C=C\C/C=C\C/C=C\C/C=C\CCCCCCC(=O)OC(CO)COC(=O)CCCCCCCCCCCCCCC/C=C\C/C=C\C/C=C\C/C=C\C/C=C\CC. The van der Waals surface area contributed by atoms with Crippen molar-refractivity contribution in [3.63, 3.8) is 0 Å². The number of aliphatic hydroxyl groups is 1. The van der Waals surface area contributed by atoms with E-state index < -0.39 is 6.10 Å². The average molecular weight is 1150 g/mol. The number of hydrogen-bond acceptors (Lipinski definition) is 5. The van der Waals surface area contributed by atoms with Gasteiger partial charge in [0.05, 0.1) is 6.61 Å². The van der Waals surface area contributed by atoms with Gasteiger partial charge in [0.1, 0.15) is 6.61 Å². The number of unbranched alkanes of at least 4 members (excludes halogenated alkanes) is 17. The third-order valence-corrected chi connectivity index (χ3v) is 13.6. The molecular weight excluding hydrogens is 1030 g/mol. The zero-order chi connectivity index (χ0) is 60.5. The number of esters is 2. The Bertz CT molecular complexity index is 1980. The Labute approximate surface area is 517 Å². The highest BCUT2D eigenvalue weighted by atomic mass is 16.6. The highest BCUT2D eigenvalue weighted by molar-refractivity contribution is 5.70. The first-order valence-corrected chi connectivity index (χ1v) is 33.6. The predicted molar refractivity (Wildman–Crippen MR) is 370 cm³/mol. The molecule has 0 fully saturated rings. The molecule has 0 saturated carbocycles. The quantitative estimate of drug-likeness (QED) is 0.0373. The first-order valence-electron chi connectivity index (χ1n) is 33.6. The minimum atomic E-state index is -0.803. The summed E-state index contributed by atoms with van der Waals surface area (Å²) >= 11 is 0. The smallest absolute Gasteiger partial charge is 0.306 e. The van der Waals surface area contributed by atoms with Crippen LogP contribution < -0.4 is 0 Å². The fourth-order valence-electron chi connectivity index (χ4n) is 8.62. The summed E-state index contributed by atoms with van der Waals surface area (Å²) in [6.07, 6.45) is 115. The molecule has 0 radical (unpaired) electrons. The summed E-state index contributed by atoms with van der Waals surface area (Å²) in [5, 5.41) is 9.69. The summed E-state index contributed by atoms with van der Waals surface area (Å²) < 4.78 is 10.7. The Balaban J connectivity index is 3.65. The van der Waals surface area contributed by atoms with Crippen LogP contribution in [-0.2, 0) is 19.1 Å². The van der Waals surface area contributed by atoms with E-state index in [0.717, 1.165) is 161 Å². The standard InChI is InChI=1S/C79H122O5/c1-3-5-7-9-11-13-15-17-19-21-23-25-27-29-31-33-34-35-36-37-38-39-40-41-42-43-44-46-48-50-52-54-56-58-60-62-64-66-68-70-72-74-79(82)84-77(75-80)76-83-78(81)73-71-69-67-65-63-61-59-57-55-53-51-49-47-45-32-30-28-26-24-22-20-18-16-14-12-10-8-6-4-2/h5-8,11-14,17-20,23-26,29-32,34-35,37-38,40-41,43-44,48,50,54,56,60,62,77,80H,3-4,9-10,15-16,21-22,27-28,33,36,39,42,45-47,49,51-53,55,57-59,61,63-76H2,1-2H3/b7-5-,8-6-,13-11-,14-12-,19-17-,20-18-,25-23-,26-24-,31-29-,32-30-,35-34-,38-37-,41-40-,44-43-,50-48-,56-54-,62-60-. The first kappa shape index (κ1) is 78.5. The number of rotatable bonds is 59. The summed E-state index contributed by atoms with van der Waals surface area (Å²) in [6, 6.07) is 0. The van der Waals surface area contributed by atoms with E-state index in [4.69, 9.17) is 9.47 Å². The van der Waals surface area contributed by atoms with Gasteiger partial charge in [-0.05, 0) is 148 Å². The molecule has 0 aromatic heterocycles. The number of carbonyl (C=O) groups excluding carboxylic acids is 2. The molecule has 0 rings (SSSR count). The van der Waals surface area contributed by atoms with Crippen molar-refractivity contribution in [1.29, 1.82) is 0 Å². The molecule has 0 aliphatic carbocycles. The number of carbonyl (C=O) groups is 2. The lowest BCUT2D eigenvalue weighted by molar-refractivity contribution is -0.161. The van der Waals surface area contributed by atoms with Crippen LogP contribution in [0.1, 0.15) is 258 Å². The predicted octanol–water partition coefficient (Wildman–Crippen LogP) is 23.8. The molecule has 84 heavy (non-hydrogen) atoms. The summed E-state index contributed by atoms with van der Waals surface area (Å²) in [6.45, 7) is 3.89. The molecule has 0 bridgehead atoms. The van der Waals surface area contributed by atoms with Crippen molar-refractivity contribution >= 4 is 11.9 Å². The average Bonchev–Trinajstić information content (AvgIpc) is 3.51. The third-order valence-electron chi connectivity index (χ3n) is 13.6. The van der Waals surface area contributed by atoms with Crippen LogP contribution >= 0.6 is 0 Å². The summed E-state index contributed by atoms with van der Waals surface area (Å²) in [7, 11) is 0. The Kier molecular flexibility index (Phi) is 67.0. The van der Waals surface area contributed by atoms with Gasteiger partial charge < -0.3 is 14.6 Å². The van der Waals surface area contributed by atoms with E-state index in [1.807, 2.05) is 0 Å². The van der Waals surface area contributed by atoms with Gasteiger partial charge in [-0.3, -0.25) is 9.59 Å². The van der Waals surface area contributed by atoms with Crippen molar-refractivity contribution in [2.75, 3.05) is 13.2 Å². The van der Waals surface area contributed by atoms with E-state index >= 15 is 0 Å². The molecule has 0 heterocycles. The van der Waals surface area contributed by atoms with Crippen LogP contribution in [0.25, 0.3) is 0 Å². The second kappa shape index (κ2) is 71.7. The summed E-state index contributed by atoms with van der Waals surface area (Å²) in [4.78, 5) is 24.6. The van der Waals surface area contributed by atoms with E-state index in [1.165, 1.54) is 70.6 Å². The maximum atomic E-state index is 12.4. The first-order chi connectivity index (χ1) is 41.6. The lowest BCUT2D eigenvalue weighted by Gasteiger charge is -2.15. The van der Waals surface area contributed by atoms with Crippen molar-refractivity contribution < 1.29 is 24.2 Å². The number of aliphatic hydroxyl groups excluding tert-OH is 1. The van der Waals surface area contributed by atoms with Crippen LogP contribution in [0.15, 0.2) is 207 Å². The molecule has 0 aromatic rings. The number of ether oxygens (including phenoxy) is 2. The highest BCUT2D eigenvalue weighted by Crippen LogP contribution is 2.15. The van der Waals surface area contributed by atoms with Crippen LogP contribution in [0.2, 0.25) is 0 Å². The van der Waals surface area contributed by atoms with Crippen molar-refractivity contribution in [3.8, 4) is 0 Å². The normalized spacial score (nSPS) is 13.6. The van der Waals surface area contributed by atoms with Crippen molar-refractivity contribution in [3.05, 3.63) is 207 Å². The highest BCUT2D eigenvalue weighted by Gasteiger charge is 2.16. The van der Waals surface area contributed by atoms with Gasteiger partial charge in [0.15, 0.2) is 6.10 Å². The Morgan fingerprint density at radius 1 is 0.274 bits per heavy atom. The van der Waals surface area contributed by atoms with Gasteiger partial charge >= 0.3 is 11.9 Å². The lowest BCUT2D eigenvalue weighted by Crippen LogP contribution is -2.28. The van der Waals surface area contributed by atoms with Gasteiger partial charge in [-0.1, -0.05) is 304 Å². The van der Waals surface area contributed by atoms with Crippen LogP contribution in [0.5, 0.6) is 0 Å². The Morgan fingerprint density at radius 3 is 0.714 bits per heavy atom. The molecule has 0 spiro atoms. The second-order valence-electron chi connectivity index (χ2n) is 21.4. The van der Waals surface area contributed by atoms with Crippen LogP contribution in [0, 0.1) is 0 Å². The van der Waals surface area contributed by atoms with Crippen molar-refractivity contribution in [2.24, 2.45) is 0 Å². The van der Waals surface area contributed by atoms with E-state index in [0.29, 0.717) is 12.8 Å². The van der Waals surface area contributed by atoms with Crippen LogP contribution in [0.4, 0.5) is 0 Å². The van der Waals surface area contributed by atoms with Crippen LogP contribution in [0.3, 0.4) is 0 Å². The van der Waals surface area contributed by atoms with Gasteiger partial charge in [0.2, 0.25) is 0 Å². The zero-order valence-corrected chi connectivity index (χ0v) is 53.6. The Hall–Kier alpha value is -5.52. The topological polar surface area (TPSA) is 72.8 Å². The fraction of sp³-hybridized carbons (Fsp3) is 0.544. The van der Waals surface area contributed by atoms with Crippen molar-refractivity contribution in [1.82, 2.24) is 0 Å². The molecule has 0 aromatic carbocycles. The molecular formula is C79H122O5. The molecule has 5 nitrogen and oxygen atoms in total. The zero-order valence-electron chi connectivity index (χ0n) is 53.6. The van der Waals surface area contributed by atoms with E-state index in [9.17, 15) is 14.7 Å². The van der Waals surface area contributed by atoms with Gasteiger partial charge in [-0.2, -0.15) is 0 Å². The van der Waals surface area contributed by atoms with Gasteiger partial charge in [0.25, 0.3) is 0 Å². The maximum absolute atomic E-state index is 12.4. The third kappa shape index (κ3) is 69.0. The van der Waals surface area contributed by atoms with E-state index in [2.05, 4.69) is 220 Å². The molecule has 0 saturated heterocycles. The molecule has 1 atom stereocenters. The fourth-order valence-corrected chi connectivity index (χ4v) is 8.62. The van der Waals surface area contributed by atoms with E-state index in [-0.39, 0.29) is 25.2 Å². The minimum Gasteiger partial charge on any atom is -0.462 e. The van der Waals surface area contributed by atoms with Gasteiger partial charge in [-0.25, -0.2) is 0 Å². The molecule has 1 N–H and O–H groups in total. The minimum absolute atomic E-state index is 0.0895. The van der Waals surface area contributed by atoms with Gasteiger partial charge in [-0.15, -0.1) is 0 Å². The summed E-state index contributed by atoms with van der Waals surface area (Å²) in [5.41, 5.74) is 0. The Morgan fingerprint density at radius 2 is 0.476 bits per heavy atom. The molecule has 0 aliphatic heterocycles. The molecule has 0 amide bonds. The van der Waals surface area contributed by atoms with Crippen molar-refractivity contribution in [2.45, 2.75) is 264 Å². The van der Waals surface area contributed by atoms with Crippen LogP contribution in [-0.4, -0.2) is 36.4 Å². The summed E-state index contributed by atoms with van der Waals surface area (Å²) in [5.74, 6) is -0.633. The molecule has 468 valence electrons. The second-order valence-corrected chi connectivity index (χ2v) is 21.4. The largest absolute Gasteiger partial charge is 0.462 e. The maximum Gasteiger partial charge on any atom is 0.306 e. The van der Waals surface area contributed by atoms with Gasteiger partial charge in [0, 0.05) is 12.8 Å². The van der Waals surface area contributed by atoms with E-state index in [1.54, 1.807) is 0 Å². The molecule has 1 unspecified atom stereocenters. The number of hydrogen-bond donors (Lipinski definition) is 1. The number of allylic oxidation sites excluding steroid dienone is 34. The molecule has 0 aliphatic rings.